The summed E-state index contributed by atoms with van der Waals surface area (Å²) in [7, 11) is -1.45. The molecule has 1 aliphatic heterocycles. The van der Waals surface area contributed by atoms with Gasteiger partial charge in [0, 0.05) is 44.7 Å². The minimum Gasteiger partial charge on any atom is -0.354 e. The predicted octanol–water partition coefficient (Wildman–Crippen LogP) is 2.77. The van der Waals surface area contributed by atoms with E-state index < -0.39 is 16.1 Å². The number of rotatable bonds is 10. The molecule has 1 saturated carbocycles. The number of carbonyl (C=O) groups is 2. The van der Waals surface area contributed by atoms with Gasteiger partial charge in [-0.1, -0.05) is 33.1 Å². The average Bonchev–Trinajstić information content (AvgIpc) is 3.22. The van der Waals surface area contributed by atoms with Crippen LogP contribution in [0.15, 0.2) is 23.1 Å². The van der Waals surface area contributed by atoms with Crippen LogP contribution in [0.2, 0.25) is 0 Å². The van der Waals surface area contributed by atoms with Crippen molar-refractivity contribution in [3.8, 4) is 0 Å². The number of fused-ring (bicyclic) bond motifs is 1. The Bertz CT molecular complexity index is 971. The zero-order valence-corrected chi connectivity index (χ0v) is 21.9. The third-order valence-corrected chi connectivity index (χ3v) is 9.25. The number of anilines is 1. The summed E-state index contributed by atoms with van der Waals surface area (Å²) in [5, 5.41) is 3.00. The van der Waals surface area contributed by atoms with Crippen molar-refractivity contribution in [3.63, 3.8) is 0 Å². The highest BCUT2D eigenvalue weighted by Gasteiger charge is 2.38. The van der Waals surface area contributed by atoms with E-state index in [2.05, 4.69) is 17.3 Å². The monoisotopic (exact) mass is 492 g/mol. The van der Waals surface area contributed by atoms with Crippen LogP contribution in [0, 0.1) is 0 Å². The molecule has 0 aromatic heterocycles. The lowest BCUT2D eigenvalue weighted by Crippen LogP contribution is -2.47. The lowest BCUT2D eigenvalue weighted by Gasteiger charge is -2.31. The van der Waals surface area contributed by atoms with Gasteiger partial charge >= 0.3 is 0 Å². The molecular weight excluding hydrogens is 452 g/mol. The van der Waals surface area contributed by atoms with Gasteiger partial charge in [0.2, 0.25) is 21.8 Å². The Hall–Kier alpha value is -1.97. The van der Waals surface area contributed by atoms with E-state index in [0.717, 1.165) is 13.0 Å². The molecule has 0 radical (unpaired) electrons. The van der Waals surface area contributed by atoms with Crippen LogP contribution in [0.3, 0.4) is 0 Å². The Morgan fingerprint density at radius 2 is 1.79 bits per heavy atom. The van der Waals surface area contributed by atoms with E-state index in [1.54, 1.807) is 26.0 Å². The number of benzene rings is 1. The Morgan fingerprint density at radius 1 is 1.12 bits per heavy atom. The van der Waals surface area contributed by atoms with E-state index in [9.17, 15) is 18.0 Å². The number of carbonyl (C=O) groups excluding carboxylic acids is 2. The van der Waals surface area contributed by atoms with Crippen LogP contribution >= 0.6 is 0 Å². The van der Waals surface area contributed by atoms with Gasteiger partial charge in [-0.25, -0.2) is 8.42 Å². The normalized spacial score (nSPS) is 19.0. The van der Waals surface area contributed by atoms with Crippen molar-refractivity contribution in [1.82, 2.24) is 14.5 Å². The molecule has 0 spiro atoms. The largest absolute Gasteiger partial charge is 0.354 e. The molecule has 2 aliphatic rings. The fourth-order valence-corrected chi connectivity index (χ4v) is 6.77. The molecule has 0 unspecified atom stereocenters. The first kappa shape index (κ1) is 26.6. The molecule has 1 aliphatic carbocycles. The summed E-state index contributed by atoms with van der Waals surface area (Å²) in [6, 6.07) is 4.79. The molecule has 3 rings (SSSR count). The van der Waals surface area contributed by atoms with E-state index in [-0.39, 0.29) is 16.7 Å². The van der Waals surface area contributed by atoms with Gasteiger partial charge in [-0.05, 0) is 56.6 Å². The highest BCUT2D eigenvalue weighted by Crippen LogP contribution is 2.35. The minimum atomic E-state index is -3.61. The van der Waals surface area contributed by atoms with Crippen LogP contribution in [0.4, 0.5) is 5.69 Å². The van der Waals surface area contributed by atoms with Crippen LogP contribution in [0.25, 0.3) is 0 Å². The zero-order valence-electron chi connectivity index (χ0n) is 21.0. The van der Waals surface area contributed by atoms with Crippen molar-refractivity contribution in [3.05, 3.63) is 23.8 Å². The van der Waals surface area contributed by atoms with Crippen molar-refractivity contribution < 1.29 is 18.0 Å². The second-order valence-corrected chi connectivity index (χ2v) is 11.3. The van der Waals surface area contributed by atoms with Crippen LogP contribution in [0.1, 0.15) is 64.9 Å². The predicted molar refractivity (Wildman–Crippen MR) is 134 cm³/mol. The SMILES string of the molecule is CCN(CC)S(=O)(=O)c1ccc2c(c1)C[C@H](C(=O)NCCCN(C)C1CCCCC1)N2C(C)=O. The van der Waals surface area contributed by atoms with E-state index in [1.807, 2.05) is 0 Å². The Kier molecular flexibility index (Phi) is 9.12. The Morgan fingerprint density at radius 3 is 2.41 bits per heavy atom. The molecule has 0 saturated heterocycles. The van der Waals surface area contributed by atoms with Crippen molar-refractivity contribution >= 4 is 27.5 Å². The fraction of sp³-hybridized carbons (Fsp3) is 0.680. The standard InChI is InChI=1S/C25H40N4O4S/c1-5-28(6-2)34(32,33)22-13-14-23-20(17-22)18-24(29(23)19(3)30)25(31)26-15-10-16-27(4)21-11-8-7-9-12-21/h13-14,17,21,24H,5-12,15-16,18H2,1-4H3,(H,26,31)/t24-/m1/s1. The summed E-state index contributed by atoms with van der Waals surface area (Å²) in [5.74, 6) is -0.421. The first-order valence-corrected chi connectivity index (χ1v) is 14.1. The van der Waals surface area contributed by atoms with Crippen LogP contribution in [-0.2, 0) is 26.0 Å². The van der Waals surface area contributed by atoms with Crippen LogP contribution in [0.5, 0.6) is 0 Å². The maximum atomic E-state index is 13.0. The van der Waals surface area contributed by atoms with Gasteiger partial charge < -0.3 is 10.2 Å². The molecule has 1 aromatic carbocycles. The third kappa shape index (κ3) is 5.80. The smallest absolute Gasteiger partial charge is 0.243 e. The molecule has 190 valence electrons. The van der Waals surface area contributed by atoms with E-state index >= 15 is 0 Å². The second-order valence-electron chi connectivity index (χ2n) is 9.41. The summed E-state index contributed by atoms with van der Waals surface area (Å²) < 4.78 is 27.3. The summed E-state index contributed by atoms with van der Waals surface area (Å²) in [6.45, 7) is 7.30. The van der Waals surface area contributed by atoms with Gasteiger partial charge in [-0.3, -0.25) is 14.5 Å². The summed E-state index contributed by atoms with van der Waals surface area (Å²) in [4.78, 5) is 29.5. The van der Waals surface area contributed by atoms with E-state index in [4.69, 9.17) is 0 Å². The maximum Gasteiger partial charge on any atom is 0.243 e. The minimum absolute atomic E-state index is 0.195. The molecule has 1 heterocycles. The highest BCUT2D eigenvalue weighted by molar-refractivity contribution is 7.89. The first-order chi connectivity index (χ1) is 16.2. The summed E-state index contributed by atoms with van der Waals surface area (Å²) in [5.41, 5.74) is 1.32. The van der Waals surface area contributed by atoms with Gasteiger partial charge in [-0.2, -0.15) is 4.31 Å². The van der Waals surface area contributed by atoms with Gasteiger partial charge in [0.25, 0.3) is 0 Å². The van der Waals surface area contributed by atoms with Gasteiger partial charge in [0.1, 0.15) is 6.04 Å². The quantitative estimate of drug-likeness (QED) is 0.507. The lowest BCUT2D eigenvalue weighted by molar-refractivity contribution is -0.125. The topological polar surface area (TPSA) is 90.0 Å². The number of sulfonamides is 1. The van der Waals surface area contributed by atoms with Crippen LogP contribution in [-0.4, -0.2) is 74.7 Å². The number of hydrogen-bond donors (Lipinski definition) is 1. The van der Waals surface area contributed by atoms with E-state index in [0.29, 0.717) is 43.3 Å². The first-order valence-electron chi connectivity index (χ1n) is 12.6. The molecule has 1 aromatic rings. The molecule has 9 heteroatoms. The fourth-order valence-electron chi connectivity index (χ4n) is 5.26. The van der Waals surface area contributed by atoms with Gasteiger partial charge in [-0.15, -0.1) is 0 Å². The van der Waals surface area contributed by atoms with Gasteiger partial charge in [0.05, 0.1) is 4.90 Å². The van der Waals surface area contributed by atoms with Crippen molar-refractivity contribution in [2.24, 2.45) is 0 Å². The Labute approximate surface area is 204 Å². The highest BCUT2D eigenvalue weighted by atomic mass is 32.2. The molecular formula is C25H40N4O4S. The van der Waals surface area contributed by atoms with E-state index in [1.165, 1.54) is 54.3 Å². The molecule has 0 bridgehead atoms. The second kappa shape index (κ2) is 11.6. The number of nitrogens with one attached hydrogen (secondary N) is 1. The molecule has 2 amide bonds. The molecule has 1 fully saturated rings. The van der Waals surface area contributed by atoms with Crippen molar-refractivity contribution in [1.29, 1.82) is 0 Å². The lowest BCUT2D eigenvalue weighted by atomic mass is 9.94. The summed E-state index contributed by atoms with van der Waals surface area (Å²) >= 11 is 0. The van der Waals surface area contributed by atoms with Crippen molar-refractivity contribution in [2.45, 2.75) is 82.7 Å². The van der Waals surface area contributed by atoms with Crippen molar-refractivity contribution in [2.75, 3.05) is 38.1 Å². The maximum absolute atomic E-state index is 13.0. The molecule has 8 nitrogen and oxygen atoms in total. The Balaban J connectivity index is 1.63. The third-order valence-electron chi connectivity index (χ3n) is 7.21. The molecule has 34 heavy (non-hydrogen) atoms. The molecule has 1 atom stereocenters. The number of hydrogen-bond acceptors (Lipinski definition) is 5. The molecule has 1 N–H and O–H groups in total. The summed E-state index contributed by atoms with van der Waals surface area (Å²) in [6.07, 6.45) is 7.60. The zero-order chi connectivity index (χ0) is 24.9. The van der Waals surface area contributed by atoms with Gasteiger partial charge in [0.15, 0.2) is 0 Å². The van der Waals surface area contributed by atoms with Crippen LogP contribution < -0.4 is 10.2 Å². The number of nitrogens with zero attached hydrogens (tertiary/aromatic N) is 3. The average molecular weight is 493 g/mol. The number of amides is 2.